The molecule has 0 radical (unpaired) electrons. The minimum absolute atomic E-state index is 0.116. The smallest absolute Gasteiger partial charge is 0.126 e. The topological polar surface area (TPSA) is 46.2 Å². The van der Waals surface area contributed by atoms with Crippen LogP contribution in [0, 0.1) is 5.82 Å². The molecule has 2 nitrogen and oxygen atoms in total. The Labute approximate surface area is 130 Å². The van der Waals surface area contributed by atoms with Crippen LogP contribution in [0.15, 0.2) is 46.9 Å². The van der Waals surface area contributed by atoms with Crippen molar-refractivity contribution in [1.82, 2.24) is 0 Å². The van der Waals surface area contributed by atoms with Gasteiger partial charge in [0.25, 0.3) is 0 Å². The number of hydrogen-bond acceptors (Lipinski definition) is 2. The van der Waals surface area contributed by atoms with Crippen LogP contribution in [-0.2, 0) is 0 Å². The van der Waals surface area contributed by atoms with E-state index in [0.29, 0.717) is 16.1 Å². The van der Waals surface area contributed by atoms with Gasteiger partial charge in [-0.25, -0.2) is 4.39 Å². The Balaban J connectivity index is 2.41. The molecular weight excluding hydrogens is 345 g/mol. The summed E-state index contributed by atoms with van der Waals surface area (Å²) in [5.74, 6) is -0.934. The Bertz CT molecular complexity index is 608. The maximum atomic E-state index is 13.9. The number of aliphatic hydroxyl groups is 1. The zero-order valence-electron chi connectivity index (χ0n) is 10.6. The minimum atomic E-state index is -0.970. The van der Waals surface area contributed by atoms with Crippen LogP contribution in [0.4, 0.5) is 4.39 Å². The Morgan fingerprint density at radius 2 is 1.90 bits per heavy atom. The third kappa shape index (κ3) is 3.20. The van der Waals surface area contributed by atoms with E-state index >= 15 is 0 Å². The second kappa shape index (κ2) is 6.68. The first kappa shape index (κ1) is 15.4. The maximum absolute atomic E-state index is 13.9. The number of halogens is 3. The van der Waals surface area contributed by atoms with Gasteiger partial charge < -0.3 is 10.8 Å². The van der Waals surface area contributed by atoms with Gasteiger partial charge >= 0.3 is 0 Å². The van der Waals surface area contributed by atoms with Crippen LogP contribution in [-0.4, -0.2) is 11.7 Å². The molecule has 5 heteroatoms. The van der Waals surface area contributed by atoms with Gasteiger partial charge in [0, 0.05) is 27.5 Å². The molecule has 3 N–H and O–H groups in total. The molecule has 0 spiro atoms. The van der Waals surface area contributed by atoms with Crippen molar-refractivity contribution in [3.8, 4) is 0 Å². The summed E-state index contributed by atoms with van der Waals surface area (Å²) in [6.45, 7) is 0.116. The lowest BCUT2D eigenvalue weighted by Gasteiger charge is -2.23. The summed E-state index contributed by atoms with van der Waals surface area (Å²) in [4.78, 5) is 0. The third-order valence-corrected chi connectivity index (χ3v) is 4.05. The molecule has 0 heterocycles. The standard InChI is InChI=1S/C15H14BrClFNO/c16-9-5-6-13(17)11(7-9)15(20)12(8-19)10-3-1-2-4-14(10)18/h1-7,12,15,20H,8,19H2. The van der Waals surface area contributed by atoms with Gasteiger partial charge in [-0.05, 0) is 29.8 Å². The number of aliphatic hydroxyl groups excluding tert-OH is 1. The molecule has 0 amide bonds. The lowest BCUT2D eigenvalue weighted by Crippen LogP contribution is -2.21. The number of nitrogens with two attached hydrogens (primary N) is 1. The largest absolute Gasteiger partial charge is 0.388 e. The van der Waals surface area contributed by atoms with Gasteiger partial charge in [0.15, 0.2) is 0 Å². The van der Waals surface area contributed by atoms with Crippen LogP contribution in [0.25, 0.3) is 0 Å². The first-order valence-electron chi connectivity index (χ1n) is 6.12. The summed E-state index contributed by atoms with van der Waals surface area (Å²) < 4.78 is 14.7. The molecule has 0 aromatic heterocycles. The molecule has 0 aliphatic heterocycles. The molecule has 0 saturated carbocycles. The van der Waals surface area contributed by atoms with E-state index in [2.05, 4.69) is 15.9 Å². The highest BCUT2D eigenvalue weighted by Gasteiger charge is 2.25. The van der Waals surface area contributed by atoms with Crippen molar-refractivity contribution in [2.75, 3.05) is 6.54 Å². The summed E-state index contributed by atoms with van der Waals surface area (Å²) in [5, 5.41) is 10.9. The monoisotopic (exact) mass is 357 g/mol. The van der Waals surface area contributed by atoms with E-state index in [4.69, 9.17) is 17.3 Å². The molecular formula is C15H14BrClFNO. The van der Waals surface area contributed by atoms with Gasteiger partial charge in [-0.3, -0.25) is 0 Å². The van der Waals surface area contributed by atoms with E-state index in [1.54, 1.807) is 36.4 Å². The van der Waals surface area contributed by atoms with E-state index in [9.17, 15) is 9.50 Å². The molecule has 2 aromatic rings. The highest BCUT2D eigenvalue weighted by Crippen LogP contribution is 2.36. The molecule has 2 aromatic carbocycles. The summed E-state index contributed by atoms with van der Waals surface area (Å²) in [7, 11) is 0. The fourth-order valence-corrected chi connectivity index (χ4v) is 2.77. The SMILES string of the molecule is NCC(c1ccccc1F)C(O)c1cc(Br)ccc1Cl. The van der Waals surface area contributed by atoms with Crippen molar-refractivity contribution in [3.05, 3.63) is 68.9 Å². The van der Waals surface area contributed by atoms with Gasteiger partial charge in [0.2, 0.25) is 0 Å². The summed E-state index contributed by atoms with van der Waals surface area (Å²) >= 11 is 9.44. The highest BCUT2D eigenvalue weighted by molar-refractivity contribution is 9.10. The van der Waals surface area contributed by atoms with Gasteiger partial charge in [0.1, 0.15) is 5.82 Å². The predicted molar refractivity (Wildman–Crippen MR) is 82.3 cm³/mol. The van der Waals surface area contributed by atoms with Crippen molar-refractivity contribution < 1.29 is 9.50 Å². The van der Waals surface area contributed by atoms with Crippen LogP contribution in [0.5, 0.6) is 0 Å². The maximum Gasteiger partial charge on any atom is 0.126 e. The van der Waals surface area contributed by atoms with Crippen LogP contribution in [0.3, 0.4) is 0 Å². The average Bonchev–Trinajstić information content (AvgIpc) is 2.44. The number of hydrogen-bond donors (Lipinski definition) is 2. The molecule has 0 fully saturated rings. The van der Waals surface area contributed by atoms with Crippen molar-refractivity contribution in [1.29, 1.82) is 0 Å². The second-order valence-corrected chi connectivity index (χ2v) is 5.80. The highest BCUT2D eigenvalue weighted by atomic mass is 79.9. The lowest BCUT2D eigenvalue weighted by molar-refractivity contribution is 0.146. The summed E-state index contributed by atoms with van der Waals surface area (Å²) in [6.07, 6.45) is -0.970. The molecule has 2 unspecified atom stereocenters. The predicted octanol–water partition coefficient (Wildman–Crippen LogP) is 4.02. The summed E-state index contributed by atoms with van der Waals surface area (Å²) in [6, 6.07) is 11.5. The Kier molecular flexibility index (Phi) is 5.16. The molecule has 0 saturated heterocycles. The molecule has 0 bridgehead atoms. The average molecular weight is 359 g/mol. The van der Waals surface area contributed by atoms with Crippen LogP contribution in [0.1, 0.15) is 23.1 Å². The van der Waals surface area contributed by atoms with E-state index in [0.717, 1.165) is 4.47 Å². The van der Waals surface area contributed by atoms with Crippen molar-refractivity contribution in [3.63, 3.8) is 0 Å². The molecule has 0 aliphatic rings. The second-order valence-electron chi connectivity index (χ2n) is 4.47. The summed E-state index contributed by atoms with van der Waals surface area (Å²) in [5.41, 5.74) is 6.63. The third-order valence-electron chi connectivity index (χ3n) is 3.22. The van der Waals surface area contributed by atoms with Crippen molar-refractivity contribution in [2.24, 2.45) is 5.73 Å². The molecule has 106 valence electrons. The number of benzene rings is 2. The molecule has 2 atom stereocenters. The first-order valence-corrected chi connectivity index (χ1v) is 7.29. The van der Waals surface area contributed by atoms with Gasteiger partial charge in [-0.15, -0.1) is 0 Å². The fraction of sp³-hybridized carbons (Fsp3) is 0.200. The first-order chi connectivity index (χ1) is 9.54. The van der Waals surface area contributed by atoms with Crippen LogP contribution in [0.2, 0.25) is 5.02 Å². The van der Waals surface area contributed by atoms with Crippen molar-refractivity contribution in [2.45, 2.75) is 12.0 Å². The Hall–Kier alpha value is -0.940. The molecule has 2 rings (SSSR count). The van der Waals surface area contributed by atoms with E-state index < -0.39 is 12.0 Å². The van der Waals surface area contributed by atoms with Gasteiger partial charge in [-0.1, -0.05) is 45.7 Å². The number of rotatable bonds is 4. The zero-order valence-corrected chi connectivity index (χ0v) is 12.9. The van der Waals surface area contributed by atoms with Gasteiger partial charge in [-0.2, -0.15) is 0 Å². The van der Waals surface area contributed by atoms with Crippen molar-refractivity contribution >= 4 is 27.5 Å². The Morgan fingerprint density at radius 1 is 1.20 bits per heavy atom. The quantitative estimate of drug-likeness (QED) is 0.867. The Morgan fingerprint density at radius 3 is 2.55 bits per heavy atom. The fourth-order valence-electron chi connectivity index (χ4n) is 2.16. The minimum Gasteiger partial charge on any atom is -0.388 e. The molecule has 20 heavy (non-hydrogen) atoms. The molecule has 0 aliphatic carbocycles. The van der Waals surface area contributed by atoms with Crippen LogP contribution >= 0.6 is 27.5 Å². The van der Waals surface area contributed by atoms with Gasteiger partial charge in [0.05, 0.1) is 6.10 Å². The van der Waals surface area contributed by atoms with Crippen LogP contribution < -0.4 is 5.73 Å². The lowest BCUT2D eigenvalue weighted by atomic mass is 9.89. The zero-order chi connectivity index (χ0) is 14.7. The van der Waals surface area contributed by atoms with E-state index in [-0.39, 0.29) is 12.4 Å². The normalized spacial score (nSPS) is 14.1. The van der Waals surface area contributed by atoms with E-state index in [1.165, 1.54) is 6.07 Å². The van der Waals surface area contributed by atoms with E-state index in [1.807, 2.05) is 0 Å².